The molecule has 0 atom stereocenters. The van der Waals surface area contributed by atoms with E-state index in [4.69, 9.17) is 0 Å². The standard InChI is InChI=1S/C23H26N2O2/c1-6-25-21-12-9-17(13-20(21)19(15(2)3)14-22(25)26)23(27)24(5)18-10-7-16(4)8-11-18/h7-15H,6H2,1-5H3. The summed E-state index contributed by atoms with van der Waals surface area (Å²) < 4.78 is 1.75. The Kier molecular flexibility index (Phi) is 5.17. The number of pyridine rings is 1. The molecule has 27 heavy (non-hydrogen) atoms. The molecule has 0 spiro atoms. The third kappa shape index (κ3) is 3.52. The molecular weight excluding hydrogens is 336 g/mol. The van der Waals surface area contributed by atoms with Crippen LogP contribution in [0, 0.1) is 6.92 Å². The van der Waals surface area contributed by atoms with Crippen LogP contribution in [-0.4, -0.2) is 17.5 Å². The Morgan fingerprint density at radius 1 is 1.07 bits per heavy atom. The highest BCUT2D eigenvalue weighted by atomic mass is 16.2. The molecule has 1 heterocycles. The number of fused-ring (bicyclic) bond motifs is 1. The van der Waals surface area contributed by atoms with Gasteiger partial charge < -0.3 is 9.47 Å². The molecule has 1 amide bonds. The molecule has 0 N–H and O–H groups in total. The van der Waals surface area contributed by atoms with Gasteiger partial charge in [0.05, 0.1) is 5.52 Å². The normalized spacial score (nSPS) is 11.2. The second kappa shape index (κ2) is 7.39. The van der Waals surface area contributed by atoms with Gasteiger partial charge in [0.1, 0.15) is 0 Å². The molecule has 140 valence electrons. The topological polar surface area (TPSA) is 42.3 Å². The summed E-state index contributed by atoms with van der Waals surface area (Å²) in [6.45, 7) is 8.72. The Labute approximate surface area is 160 Å². The minimum atomic E-state index is -0.0651. The average molecular weight is 362 g/mol. The first-order valence-electron chi connectivity index (χ1n) is 9.35. The minimum absolute atomic E-state index is 0.00421. The molecule has 0 radical (unpaired) electrons. The zero-order valence-electron chi connectivity index (χ0n) is 16.6. The van der Waals surface area contributed by atoms with Gasteiger partial charge in [-0.3, -0.25) is 9.59 Å². The Balaban J connectivity index is 2.11. The van der Waals surface area contributed by atoms with E-state index >= 15 is 0 Å². The number of nitrogens with zero attached hydrogens (tertiary/aromatic N) is 2. The van der Waals surface area contributed by atoms with E-state index in [0.29, 0.717) is 12.1 Å². The first kappa shape index (κ1) is 18.9. The van der Waals surface area contributed by atoms with Gasteiger partial charge in [0, 0.05) is 36.3 Å². The molecular formula is C23H26N2O2. The third-order valence-electron chi connectivity index (χ3n) is 5.05. The summed E-state index contributed by atoms with van der Waals surface area (Å²) in [5, 5.41) is 0.967. The molecule has 0 saturated carbocycles. The second-order valence-electron chi connectivity index (χ2n) is 7.27. The summed E-state index contributed by atoms with van der Waals surface area (Å²) in [7, 11) is 1.79. The van der Waals surface area contributed by atoms with Gasteiger partial charge in [-0.25, -0.2) is 0 Å². The number of anilines is 1. The number of carbonyl (C=O) groups is 1. The maximum atomic E-state index is 13.0. The Hall–Kier alpha value is -2.88. The van der Waals surface area contributed by atoms with Crippen LogP contribution in [0.4, 0.5) is 5.69 Å². The molecule has 4 nitrogen and oxygen atoms in total. The average Bonchev–Trinajstić information content (AvgIpc) is 2.66. The van der Waals surface area contributed by atoms with Crippen LogP contribution >= 0.6 is 0 Å². The lowest BCUT2D eigenvalue weighted by Crippen LogP contribution is -2.26. The van der Waals surface area contributed by atoms with Crippen molar-refractivity contribution in [2.24, 2.45) is 0 Å². The van der Waals surface area contributed by atoms with Crippen LogP contribution in [0.5, 0.6) is 0 Å². The van der Waals surface area contributed by atoms with Crippen molar-refractivity contribution in [2.45, 2.75) is 40.2 Å². The van der Waals surface area contributed by atoms with Crippen molar-refractivity contribution >= 4 is 22.5 Å². The van der Waals surface area contributed by atoms with Crippen LogP contribution in [0.3, 0.4) is 0 Å². The zero-order chi connectivity index (χ0) is 19.7. The van der Waals surface area contributed by atoms with E-state index in [1.54, 1.807) is 22.6 Å². The van der Waals surface area contributed by atoms with Gasteiger partial charge >= 0.3 is 0 Å². The first-order valence-corrected chi connectivity index (χ1v) is 9.35. The molecule has 1 aromatic heterocycles. The SMILES string of the molecule is CCn1c(=O)cc(C(C)C)c2cc(C(=O)N(C)c3ccc(C)cc3)ccc21. The largest absolute Gasteiger partial charge is 0.311 e. The van der Waals surface area contributed by atoms with Crippen LogP contribution in [0.1, 0.15) is 48.2 Å². The highest BCUT2D eigenvalue weighted by Crippen LogP contribution is 2.26. The number of aryl methyl sites for hydroxylation is 2. The lowest BCUT2D eigenvalue weighted by Gasteiger charge is -2.19. The van der Waals surface area contributed by atoms with Gasteiger partial charge in [-0.1, -0.05) is 31.5 Å². The van der Waals surface area contributed by atoms with Gasteiger partial charge in [-0.15, -0.1) is 0 Å². The van der Waals surface area contributed by atoms with E-state index in [-0.39, 0.29) is 17.4 Å². The van der Waals surface area contributed by atoms with E-state index in [1.807, 2.05) is 56.3 Å². The highest BCUT2D eigenvalue weighted by molar-refractivity contribution is 6.07. The molecule has 0 bridgehead atoms. The number of carbonyl (C=O) groups excluding carboxylic acids is 1. The molecule has 2 aromatic carbocycles. The van der Waals surface area contributed by atoms with E-state index in [0.717, 1.165) is 27.7 Å². The van der Waals surface area contributed by atoms with Gasteiger partial charge in [0.2, 0.25) is 0 Å². The van der Waals surface area contributed by atoms with Gasteiger partial charge in [-0.05, 0) is 55.7 Å². The van der Waals surface area contributed by atoms with Crippen LogP contribution < -0.4 is 10.5 Å². The number of hydrogen-bond donors (Lipinski definition) is 0. The summed E-state index contributed by atoms with van der Waals surface area (Å²) in [4.78, 5) is 27.1. The summed E-state index contributed by atoms with van der Waals surface area (Å²) in [5.41, 5.74) is 4.49. The smallest absolute Gasteiger partial charge is 0.258 e. The van der Waals surface area contributed by atoms with E-state index in [9.17, 15) is 9.59 Å². The van der Waals surface area contributed by atoms with Crippen molar-refractivity contribution in [3.8, 4) is 0 Å². The number of aromatic nitrogens is 1. The fourth-order valence-corrected chi connectivity index (χ4v) is 3.43. The second-order valence-corrected chi connectivity index (χ2v) is 7.27. The summed E-state index contributed by atoms with van der Waals surface area (Å²) in [6, 6.07) is 15.2. The molecule has 0 saturated heterocycles. The Morgan fingerprint density at radius 3 is 2.33 bits per heavy atom. The Bertz CT molecular complexity index is 1050. The molecule has 0 aliphatic heterocycles. The third-order valence-corrected chi connectivity index (χ3v) is 5.05. The summed E-state index contributed by atoms with van der Waals surface area (Å²) in [5.74, 6) is 0.136. The van der Waals surface area contributed by atoms with Crippen LogP contribution in [0.2, 0.25) is 0 Å². The number of benzene rings is 2. The summed E-state index contributed by atoms with van der Waals surface area (Å²) >= 11 is 0. The van der Waals surface area contributed by atoms with E-state index in [2.05, 4.69) is 13.8 Å². The number of hydrogen-bond acceptors (Lipinski definition) is 2. The fraction of sp³-hybridized carbons (Fsp3) is 0.304. The lowest BCUT2D eigenvalue weighted by molar-refractivity contribution is 0.0993. The number of rotatable bonds is 4. The van der Waals surface area contributed by atoms with Gasteiger partial charge in [0.25, 0.3) is 11.5 Å². The summed E-state index contributed by atoms with van der Waals surface area (Å²) in [6.07, 6.45) is 0. The van der Waals surface area contributed by atoms with Crippen molar-refractivity contribution in [1.82, 2.24) is 4.57 Å². The van der Waals surface area contributed by atoms with Crippen molar-refractivity contribution < 1.29 is 4.79 Å². The monoisotopic (exact) mass is 362 g/mol. The van der Waals surface area contributed by atoms with Gasteiger partial charge in [-0.2, -0.15) is 0 Å². The van der Waals surface area contributed by atoms with Crippen LogP contribution in [-0.2, 0) is 6.54 Å². The molecule has 3 aromatic rings. The minimum Gasteiger partial charge on any atom is -0.311 e. The van der Waals surface area contributed by atoms with E-state index in [1.165, 1.54) is 0 Å². The lowest BCUT2D eigenvalue weighted by atomic mass is 9.97. The molecule has 3 rings (SSSR count). The van der Waals surface area contributed by atoms with Crippen molar-refractivity contribution in [3.63, 3.8) is 0 Å². The maximum absolute atomic E-state index is 13.0. The van der Waals surface area contributed by atoms with Crippen molar-refractivity contribution in [1.29, 1.82) is 0 Å². The Morgan fingerprint density at radius 2 is 1.74 bits per heavy atom. The van der Waals surface area contributed by atoms with Crippen LogP contribution in [0.25, 0.3) is 10.9 Å². The fourth-order valence-electron chi connectivity index (χ4n) is 3.43. The number of amides is 1. The van der Waals surface area contributed by atoms with Crippen molar-refractivity contribution in [2.75, 3.05) is 11.9 Å². The molecule has 0 aliphatic rings. The predicted molar refractivity (Wildman–Crippen MR) is 112 cm³/mol. The first-order chi connectivity index (χ1) is 12.8. The molecule has 0 aliphatic carbocycles. The molecule has 0 fully saturated rings. The van der Waals surface area contributed by atoms with Gasteiger partial charge in [0.15, 0.2) is 0 Å². The van der Waals surface area contributed by atoms with Crippen molar-refractivity contribution in [3.05, 3.63) is 75.6 Å². The van der Waals surface area contributed by atoms with Crippen LogP contribution in [0.15, 0.2) is 53.3 Å². The zero-order valence-corrected chi connectivity index (χ0v) is 16.6. The highest BCUT2D eigenvalue weighted by Gasteiger charge is 2.17. The van der Waals surface area contributed by atoms with E-state index < -0.39 is 0 Å². The molecule has 0 unspecified atom stereocenters. The predicted octanol–water partition coefficient (Wildman–Crippen LogP) is 4.73. The molecule has 4 heteroatoms. The quantitative estimate of drug-likeness (QED) is 0.673. The maximum Gasteiger partial charge on any atom is 0.258 e.